The van der Waals surface area contributed by atoms with Gasteiger partial charge in [0.1, 0.15) is 0 Å². The minimum atomic E-state index is -4.73. The number of anilines is 1. The summed E-state index contributed by atoms with van der Waals surface area (Å²) in [5.41, 5.74) is 1.06. The summed E-state index contributed by atoms with van der Waals surface area (Å²) in [6.45, 7) is 0.755. The highest BCUT2D eigenvalue weighted by Gasteiger charge is 2.38. The van der Waals surface area contributed by atoms with Gasteiger partial charge in [0.2, 0.25) is 5.82 Å². The van der Waals surface area contributed by atoms with Crippen molar-refractivity contribution in [1.82, 2.24) is 20.4 Å². The van der Waals surface area contributed by atoms with Crippen LogP contribution in [0.3, 0.4) is 0 Å². The van der Waals surface area contributed by atoms with Crippen molar-refractivity contribution in [3.05, 3.63) is 64.0 Å². The first-order valence-electron chi connectivity index (χ1n) is 10.9. The number of benzene rings is 2. The smallest absolute Gasteiger partial charge is 0.350 e. The van der Waals surface area contributed by atoms with Crippen LogP contribution < -0.4 is 10.6 Å². The summed E-state index contributed by atoms with van der Waals surface area (Å²) < 4.78 is 42.2. The van der Waals surface area contributed by atoms with E-state index in [1.54, 1.807) is 4.90 Å². The molecule has 13 heteroatoms. The highest BCUT2D eigenvalue weighted by molar-refractivity contribution is 6.35. The van der Waals surface area contributed by atoms with Gasteiger partial charge in [0, 0.05) is 39.9 Å². The number of hydrogen-bond donors (Lipinski definition) is 2. The van der Waals surface area contributed by atoms with Gasteiger partial charge in [-0.3, -0.25) is 4.79 Å². The fourth-order valence-electron chi connectivity index (χ4n) is 3.83. The quantitative estimate of drug-likeness (QED) is 0.420. The number of nitrogens with zero attached hydrogens (tertiary/aromatic N) is 3. The lowest BCUT2D eigenvalue weighted by atomic mass is 10.0. The molecule has 0 aliphatic carbocycles. The topological polar surface area (TPSA) is 100 Å². The molecule has 190 valence electrons. The molecule has 0 saturated carbocycles. The fraction of sp³-hybridized carbons (Fsp3) is 0.304. The van der Waals surface area contributed by atoms with Crippen LogP contribution in [0.2, 0.25) is 10.0 Å². The maximum atomic E-state index is 13.0. The lowest BCUT2D eigenvalue weighted by molar-refractivity contribution is -0.159. The number of rotatable bonds is 5. The number of carbonyl (C=O) groups is 2. The van der Waals surface area contributed by atoms with Crippen LogP contribution in [0.4, 0.5) is 23.7 Å². The van der Waals surface area contributed by atoms with Crippen molar-refractivity contribution in [3.63, 3.8) is 0 Å². The Morgan fingerprint density at radius 1 is 1.08 bits per heavy atom. The van der Waals surface area contributed by atoms with E-state index < -0.39 is 12.1 Å². The fourth-order valence-corrected chi connectivity index (χ4v) is 4.36. The molecule has 36 heavy (non-hydrogen) atoms. The third kappa shape index (κ3) is 6.27. The Morgan fingerprint density at radius 2 is 1.78 bits per heavy atom. The number of alkyl halides is 3. The van der Waals surface area contributed by atoms with Gasteiger partial charge >= 0.3 is 18.1 Å². The number of likely N-dealkylation sites (tertiary alicyclic amines) is 1. The van der Waals surface area contributed by atoms with Gasteiger partial charge in [0.15, 0.2) is 0 Å². The first-order chi connectivity index (χ1) is 17.1. The molecule has 0 radical (unpaired) electrons. The summed E-state index contributed by atoms with van der Waals surface area (Å²) in [4.78, 5) is 30.5. The summed E-state index contributed by atoms with van der Waals surface area (Å²) in [5, 5.41) is 9.64. The number of amides is 3. The predicted molar refractivity (Wildman–Crippen MR) is 127 cm³/mol. The number of nitrogens with one attached hydrogen (secondary N) is 2. The van der Waals surface area contributed by atoms with Crippen LogP contribution in [0.5, 0.6) is 0 Å². The van der Waals surface area contributed by atoms with Crippen LogP contribution in [0.25, 0.3) is 11.4 Å². The molecule has 1 aliphatic heterocycles. The number of hydrogen-bond acceptors (Lipinski definition) is 5. The molecule has 1 saturated heterocycles. The average molecular weight is 542 g/mol. The molecule has 1 unspecified atom stereocenters. The van der Waals surface area contributed by atoms with Crippen LogP contribution in [-0.2, 0) is 6.18 Å². The van der Waals surface area contributed by atoms with Crippen molar-refractivity contribution in [2.24, 2.45) is 0 Å². The van der Waals surface area contributed by atoms with Gasteiger partial charge in [0.05, 0.1) is 6.04 Å². The average Bonchev–Trinajstić information content (AvgIpc) is 3.34. The van der Waals surface area contributed by atoms with Gasteiger partial charge in [-0.15, -0.1) is 0 Å². The Morgan fingerprint density at radius 3 is 2.42 bits per heavy atom. The molecule has 2 N–H and O–H groups in total. The normalized spacial score (nSPS) is 16.0. The van der Waals surface area contributed by atoms with Gasteiger partial charge in [-0.2, -0.15) is 18.2 Å². The second-order valence-corrected chi connectivity index (χ2v) is 9.01. The minimum Gasteiger partial charge on any atom is -0.350 e. The van der Waals surface area contributed by atoms with E-state index in [0.29, 0.717) is 39.8 Å². The largest absolute Gasteiger partial charge is 0.471 e. The lowest BCUT2D eigenvalue weighted by Crippen LogP contribution is -2.50. The van der Waals surface area contributed by atoms with Crippen molar-refractivity contribution in [1.29, 1.82) is 0 Å². The van der Waals surface area contributed by atoms with Crippen LogP contribution in [-0.4, -0.2) is 46.1 Å². The van der Waals surface area contributed by atoms with E-state index in [-0.39, 0.29) is 30.3 Å². The second kappa shape index (κ2) is 10.8. The molecular weight excluding hydrogens is 522 g/mol. The monoisotopic (exact) mass is 541 g/mol. The number of halogens is 5. The first-order valence-corrected chi connectivity index (χ1v) is 11.7. The molecule has 4 rings (SSSR count). The maximum absolute atomic E-state index is 13.0. The molecule has 2 heterocycles. The van der Waals surface area contributed by atoms with Gasteiger partial charge < -0.3 is 20.1 Å². The van der Waals surface area contributed by atoms with Crippen molar-refractivity contribution in [2.45, 2.75) is 31.5 Å². The van der Waals surface area contributed by atoms with E-state index in [9.17, 15) is 22.8 Å². The van der Waals surface area contributed by atoms with Gasteiger partial charge in [-0.25, -0.2) is 4.79 Å². The summed E-state index contributed by atoms with van der Waals surface area (Å²) >= 11 is 11.9. The molecule has 3 aromatic rings. The molecule has 1 fully saturated rings. The predicted octanol–water partition coefficient (Wildman–Crippen LogP) is 5.88. The van der Waals surface area contributed by atoms with Crippen LogP contribution in [0, 0.1) is 0 Å². The zero-order chi connectivity index (χ0) is 25.9. The van der Waals surface area contributed by atoms with E-state index in [1.165, 1.54) is 42.5 Å². The lowest BCUT2D eigenvalue weighted by Gasteiger charge is -2.35. The zero-order valence-corrected chi connectivity index (χ0v) is 20.1. The molecule has 3 amide bonds. The van der Waals surface area contributed by atoms with Crippen molar-refractivity contribution in [3.8, 4) is 11.4 Å². The molecule has 1 aromatic heterocycles. The summed E-state index contributed by atoms with van der Waals surface area (Å²) in [7, 11) is 0. The summed E-state index contributed by atoms with van der Waals surface area (Å²) in [6.07, 6.45) is -2.29. The molecule has 0 bridgehead atoms. The van der Waals surface area contributed by atoms with E-state index in [1.807, 2.05) is 0 Å². The highest BCUT2D eigenvalue weighted by atomic mass is 35.5. The maximum Gasteiger partial charge on any atom is 0.471 e. The van der Waals surface area contributed by atoms with E-state index in [0.717, 1.165) is 12.8 Å². The molecule has 1 aliphatic rings. The third-order valence-electron chi connectivity index (χ3n) is 5.57. The van der Waals surface area contributed by atoms with Crippen molar-refractivity contribution in [2.75, 3.05) is 18.4 Å². The minimum absolute atomic E-state index is 0.215. The van der Waals surface area contributed by atoms with E-state index in [4.69, 9.17) is 23.2 Å². The number of urea groups is 1. The van der Waals surface area contributed by atoms with Crippen molar-refractivity contribution >= 4 is 40.8 Å². The third-order valence-corrected chi connectivity index (χ3v) is 6.01. The molecule has 8 nitrogen and oxygen atoms in total. The Bertz CT molecular complexity index is 1230. The first kappa shape index (κ1) is 25.8. The van der Waals surface area contributed by atoms with Crippen LogP contribution in [0.1, 0.15) is 35.5 Å². The SMILES string of the molecule is O=C(NCC1CCCCN1C(=O)Nc1ccc(-c2noc(C(F)(F)F)n2)cc1)c1cc(Cl)cc(Cl)c1. The van der Waals surface area contributed by atoms with Crippen LogP contribution >= 0.6 is 23.2 Å². The van der Waals surface area contributed by atoms with Gasteiger partial charge in [0.25, 0.3) is 5.91 Å². The Labute approximate surface area is 213 Å². The zero-order valence-electron chi connectivity index (χ0n) is 18.6. The van der Waals surface area contributed by atoms with Gasteiger partial charge in [-0.05, 0) is 61.7 Å². The standard InChI is InChI=1S/C23H20Cl2F3N5O3/c24-15-9-14(10-16(25)11-15)20(34)29-12-18-3-1-2-8-33(18)22(35)30-17-6-4-13(5-7-17)19-31-21(36-32-19)23(26,27)28/h4-7,9-11,18H,1-3,8,12H2,(H,29,34)(H,30,35). The Hall–Kier alpha value is -3.31. The number of piperidine rings is 1. The number of aromatic nitrogens is 2. The highest BCUT2D eigenvalue weighted by Crippen LogP contribution is 2.29. The van der Waals surface area contributed by atoms with Crippen LogP contribution in [0.15, 0.2) is 47.0 Å². The van der Waals surface area contributed by atoms with Crippen molar-refractivity contribution < 1.29 is 27.3 Å². The van der Waals surface area contributed by atoms with Gasteiger partial charge in [-0.1, -0.05) is 28.4 Å². The molecule has 0 spiro atoms. The molecule has 1 atom stereocenters. The number of carbonyl (C=O) groups excluding carboxylic acids is 2. The second-order valence-electron chi connectivity index (χ2n) is 8.14. The molecular formula is C23H20Cl2F3N5O3. The summed E-state index contributed by atoms with van der Waals surface area (Å²) in [5.74, 6) is -2.00. The molecule has 2 aromatic carbocycles. The van der Waals surface area contributed by atoms with E-state index in [2.05, 4.69) is 25.3 Å². The summed E-state index contributed by atoms with van der Waals surface area (Å²) in [6, 6.07) is 9.98. The Balaban J connectivity index is 1.37. The van der Waals surface area contributed by atoms with E-state index >= 15 is 0 Å². The Kier molecular flexibility index (Phi) is 7.70.